The van der Waals surface area contributed by atoms with E-state index in [1.807, 2.05) is 60.7 Å². The number of nitrogens with one attached hydrogen (secondary N) is 2. The summed E-state index contributed by atoms with van der Waals surface area (Å²) < 4.78 is 2.34. The molecule has 42 heavy (non-hydrogen) atoms. The molecular formula is C34H30N4O2S2. The molecule has 0 saturated carbocycles. The van der Waals surface area contributed by atoms with Crippen LogP contribution in [0.1, 0.15) is 36.8 Å². The Morgan fingerprint density at radius 2 is 1.00 bits per heavy atom. The molecule has 0 bridgehead atoms. The van der Waals surface area contributed by atoms with Crippen LogP contribution in [-0.2, 0) is 9.59 Å². The molecule has 6 rings (SSSR count). The van der Waals surface area contributed by atoms with Crippen LogP contribution in [0.25, 0.3) is 41.6 Å². The van der Waals surface area contributed by atoms with Crippen molar-refractivity contribution in [3.63, 3.8) is 0 Å². The Labute approximate surface area is 252 Å². The van der Waals surface area contributed by atoms with Crippen LogP contribution >= 0.6 is 22.7 Å². The maximum atomic E-state index is 12.4. The number of fused-ring (bicyclic) bond motifs is 2. The molecule has 0 aliphatic carbocycles. The number of hydrogen-bond acceptors (Lipinski definition) is 6. The van der Waals surface area contributed by atoms with Gasteiger partial charge in [-0.3, -0.25) is 9.59 Å². The summed E-state index contributed by atoms with van der Waals surface area (Å²) in [6.07, 6.45) is 2.00. The normalized spacial score (nSPS) is 11.2. The molecule has 0 atom stereocenters. The number of nitrogens with zero attached hydrogens (tertiary/aromatic N) is 2. The highest BCUT2D eigenvalue weighted by atomic mass is 32.1. The minimum atomic E-state index is -0.0563. The van der Waals surface area contributed by atoms with Crippen molar-refractivity contribution in [2.45, 2.75) is 39.5 Å². The van der Waals surface area contributed by atoms with E-state index < -0.39 is 0 Å². The van der Waals surface area contributed by atoms with Gasteiger partial charge in [-0.1, -0.05) is 12.1 Å². The average molecular weight is 591 g/mol. The second-order valence-corrected chi connectivity index (χ2v) is 12.5. The molecule has 0 unspecified atom stereocenters. The lowest BCUT2D eigenvalue weighted by Gasteiger charge is -2.07. The van der Waals surface area contributed by atoms with Crippen LogP contribution in [0.3, 0.4) is 0 Å². The van der Waals surface area contributed by atoms with Crippen LogP contribution in [-0.4, -0.2) is 21.8 Å². The highest BCUT2D eigenvalue weighted by molar-refractivity contribution is 7.22. The molecule has 0 radical (unpaired) electrons. The quantitative estimate of drug-likeness (QED) is 0.165. The van der Waals surface area contributed by atoms with Gasteiger partial charge < -0.3 is 10.6 Å². The first kappa shape index (κ1) is 27.8. The fourth-order valence-electron chi connectivity index (χ4n) is 4.72. The maximum Gasteiger partial charge on any atom is 0.224 e. The molecule has 0 spiro atoms. The first-order valence-corrected chi connectivity index (χ1v) is 15.6. The minimum absolute atomic E-state index is 0.0563. The number of hydrogen-bond donors (Lipinski definition) is 2. The lowest BCUT2D eigenvalue weighted by atomic mass is 10.1. The van der Waals surface area contributed by atoms with Gasteiger partial charge in [0.1, 0.15) is 10.0 Å². The number of carbonyl (C=O) groups excluding carboxylic acids is 2. The number of amides is 2. The van der Waals surface area contributed by atoms with Gasteiger partial charge in [-0.05, 0) is 111 Å². The summed E-state index contributed by atoms with van der Waals surface area (Å²) in [5, 5.41) is 7.83. The van der Waals surface area contributed by atoms with Crippen LogP contribution in [0.4, 0.5) is 11.4 Å². The number of thiazole rings is 2. The van der Waals surface area contributed by atoms with Gasteiger partial charge in [-0.15, -0.1) is 22.7 Å². The van der Waals surface area contributed by atoms with Gasteiger partial charge in [0.05, 0.1) is 20.4 Å². The van der Waals surface area contributed by atoms with Crippen molar-refractivity contribution in [1.82, 2.24) is 9.97 Å². The zero-order chi connectivity index (χ0) is 29.1. The first-order chi connectivity index (χ1) is 20.4. The molecule has 6 nitrogen and oxygen atoms in total. The molecule has 210 valence electrons. The van der Waals surface area contributed by atoms with Gasteiger partial charge in [-0.25, -0.2) is 9.97 Å². The Balaban J connectivity index is 0.933. The summed E-state index contributed by atoms with van der Waals surface area (Å²) in [5.41, 5.74) is 8.00. The average Bonchev–Trinajstić information content (AvgIpc) is 3.60. The van der Waals surface area contributed by atoms with Crippen molar-refractivity contribution in [3.8, 4) is 21.1 Å². The molecule has 0 aliphatic heterocycles. The fraction of sp³-hybridized carbons (Fsp3) is 0.176. The Bertz CT molecular complexity index is 1750. The minimum Gasteiger partial charge on any atom is -0.326 e. The third-order valence-electron chi connectivity index (χ3n) is 6.98. The first-order valence-electron chi connectivity index (χ1n) is 13.9. The van der Waals surface area contributed by atoms with E-state index >= 15 is 0 Å². The van der Waals surface area contributed by atoms with Crippen LogP contribution < -0.4 is 10.6 Å². The van der Waals surface area contributed by atoms with Gasteiger partial charge in [0.2, 0.25) is 11.8 Å². The standard InChI is InChI=1S/C34H30N4O2S2/c1-21-7-17-27-29(19-21)41-33(37-27)23-9-13-25(14-10-23)35-31(39)5-3-4-6-32(40)36-26-15-11-24(12-16-26)34-38-28-18-8-22(2)20-30(28)42-34/h7-20H,3-6H2,1-2H3,(H,35,39)(H,36,40). The Morgan fingerprint density at radius 1 is 0.595 bits per heavy atom. The number of unbranched alkanes of at least 4 members (excludes halogenated alkanes) is 1. The number of benzene rings is 4. The molecular weight excluding hydrogens is 561 g/mol. The van der Waals surface area contributed by atoms with Gasteiger partial charge >= 0.3 is 0 Å². The predicted octanol–water partition coefficient (Wildman–Crippen LogP) is 8.99. The van der Waals surface area contributed by atoms with Crippen LogP contribution in [0.5, 0.6) is 0 Å². The summed E-state index contributed by atoms with van der Waals surface area (Å²) in [6.45, 7) is 4.16. The van der Waals surface area contributed by atoms with E-state index in [4.69, 9.17) is 9.97 Å². The molecule has 2 N–H and O–H groups in total. The van der Waals surface area contributed by atoms with Crippen LogP contribution in [0, 0.1) is 13.8 Å². The zero-order valence-electron chi connectivity index (χ0n) is 23.4. The molecule has 0 fully saturated rings. The van der Waals surface area contributed by atoms with Crippen molar-refractivity contribution in [1.29, 1.82) is 0 Å². The Hall–Kier alpha value is -4.40. The summed E-state index contributed by atoms with van der Waals surface area (Å²) in [6, 6.07) is 28.1. The third-order valence-corrected chi connectivity index (χ3v) is 9.11. The lowest BCUT2D eigenvalue weighted by Crippen LogP contribution is -2.13. The molecule has 2 heterocycles. The largest absolute Gasteiger partial charge is 0.326 e. The van der Waals surface area contributed by atoms with Crippen molar-refractivity contribution in [2.24, 2.45) is 0 Å². The zero-order valence-corrected chi connectivity index (χ0v) is 25.1. The number of anilines is 2. The number of carbonyl (C=O) groups is 2. The number of aryl methyl sites for hydroxylation is 2. The van der Waals surface area contributed by atoms with E-state index in [0.717, 1.165) is 43.6 Å². The smallest absolute Gasteiger partial charge is 0.224 e. The fourth-order valence-corrected chi connectivity index (χ4v) is 6.86. The van der Waals surface area contributed by atoms with E-state index in [1.165, 1.54) is 20.5 Å². The Kier molecular flexibility index (Phi) is 8.08. The Morgan fingerprint density at radius 3 is 1.40 bits per heavy atom. The molecule has 2 aromatic heterocycles. The van der Waals surface area contributed by atoms with Crippen molar-refractivity contribution in [2.75, 3.05) is 10.6 Å². The SMILES string of the molecule is Cc1ccc2nc(-c3ccc(NC(=O)CCCCC(=O)Nc4ccc(-c5nc6ccc(C)cc6s5)cc4)cc3)sc2c1. The van der Waals surface area contributed by atoms with Gasteiger partial charge in [0, 0.05) is 35.3 Å². The molecule has 0 aliphatic rings. The second kappa shape index (κ2) is 12.2. The van der Waals surface area contributed by atoms with E-state index in [-0.39, 0.29) is 11.8 Å². The monoisotopic (exact) mass is 590 g/mol. The van der Waals surface area contributed by atoms with Gasteiger partial charge in [0.15, 0.2) is 0 Å². The van der Waals surface area contributed by atoms with Crippen molar-refractivity contribution >= 4 is 66.3 Å². The third kappa shape index (κ3) is 6.56. The lowest BCUT2D eigenvalue weighted by molar-refractivity contribution is -0.118. The number of aromatic nitrogens is 2. The summed E-state index contributed by atoms with van der Waals surface area (Å²) >= 11 is 3.34. The van der Waals surface area contributed by atoms with E-state index in [2.05, 4.69) is 48.7 Å². The van der Waals surface area contributed by atoms with Crippen molar-refractivity contribution in [3.05, 3.63) is 96.1 Å². The van der Waals surface area contributed by atoms with Gasteiger partial charge in [-0.2, -0.15) is 0 Å². The highest BCUT2D eigenvalue weighted by Crippen LogP contribution is 2.32. The van der Waals surface area contributed by atoms with E-state index in [9.17, 15) is 9.59 Å². The molecule has 8 heteroatoms. The molecule has 4 aromatic carbocycles. The molecule has 2 amide bonds. The van der Waals surface area contributed by atoms with Crippen LogP contribution in [0.15, 0.2) is 84.9 Å². The molecule has 0 saturated heterocycles. The highest BCUT2D eigenvalue weighted by Gasteiger charge is 2.10. The summed E-state index contributed by atoms with van der Waals surface area (Å²) in [5.74, 6) is -0.113. The van der Waals surface area contributed by atoms with Crippen molar-refractivity contribution < 1.29 is 9.59 Å². The topological polar surface area (TPSA) is 84.0 Å². The number of rotatable bonds is 9. The van der Waals surface area contributed by atoms with Gasteiger partial charge in [0.25, 0.3) is 0 Å². The van der Waals surface area contributed by atoms with E-state index in [0.29, 0.717) is 25.7 Å². The second-order valence-electron chi connectivity index (χ2n) is 10.4. The maximum absolute atomic E-state index is 12.4. The summed E-state index contributed by atoms with van der Waals surface area (Å²) in [7, 11) is 0. The predicted molar refractivity (Wildman–Crippen MR) is 175 cm³/mol. The van der Waals surface area contributed by atoms with E-state index in [1.54, 1.807) is 22.7 Å². The summed E-state index contributed by atoms with van der Waals surface area (Å²) in [4.78, 5) is 34.4. The molecule has 6 aromatic rings. The van der Waals surface area contributed by atoms with Crippen LogP contribution in [0.2, 0.25) is 0 Å².